The third-order valence-electron chi connectivity index (χ3n) is 1.70. The fourth-order valence-corrected chi connectivity index (χ4v) is 1.93. The molecule has 0 unspecified atom stereocenters. The maximum atomic E-state index is 11.6. The van der Waals surface area contributed by atoms with E-state index in [9.17, 15) is 8.42 Å². The van der Waals surface area contributed by atoms with Gasteiger partial charge in [0.1, 0.15) is 4.90 Å². The molecule has 0 N–H and O–H groups in total. The Morgan fingerprint density at radius 2 is 2.21 bits per heavy atom. The molecule has 0 aliphatic carbocycles. The largest absolute Gasteiger partial charge is 0.270 e. The van der Waals surface area contributed by atoms with Gasteiger partial charge in [-0.05, 0) is 0 Å². The molecule has 7 heteroatoms. The van der Waals surface area contributed by atoms with Crippen molar-refractivity contribution in [2.75, 3.05) is 20.0 Å². The number of sulfonamides is 1. The molecule has 1 heterocycles. The van der Waals surface area contributed by atoms with Crippen molar-refractivity contribution in [2.24, 2.45) is 0 Å². The smallest absolute Gasteiger partial charge is 0.245 e. The summed E-state index contributed by atoms with van der Waals surface area (Å²) in [4.78, 5) is 0.188. The van der Waals surface area contributed by atoms with Gasteiger partial charge in [-0.15, -0.1) is 11.6 Å². The van der Waals surface area contributed by atoms with Crippen LogP contribution in [-0.4, -0.2) is 42.5 Å². The number of hydrogen-bond acceptors (Lipinski definition) is 3. The zero-order valence-corrected chi connectivity index (χ0v) is 9.59. The molecule has 80 valence electrons. The zero-order valence-electron chi connectivity index (χ0n) is 8.01. The van der Waals surface area contributed by atoms with Crippen molar-refractivity contribution in [2.45, 2.75) is 11.4 Å². The number of aromatic nitrogens is 2. The van der Waals surface area contributed by atoms with E-state index in [1.807, 2.05) is 0 Å². The van der Waals surface area contributed by atoms with Crippen LogP contribution in [0.5, 0.6) is 0 Å². The van der Waals surface area contributed by atoms with Gasteiger partial charge in [0, 0.05) is 26.2 Å². The highest BCUT2D eigenvalue weighted by Crippen LogP contribution is 2.11. The first-order chi connectivity index (χ1) is 6.48. The van der Waals surface area contributed by atoms with E-state index in [1.54, 1.807) is 0 Å². The van der Waals surface area contributed by atoms with E-state index in [1.165, 1.54) is 31.2 Å². The molecule has 0 aliphatic heterocycles. The van der Waals surface area contributed by atoms with Crippen LogP contribution >= 0.6 is 11.6 Å². The summed E-state index contributed by atoms with van der Waals surface area (Å²) in [5.74, 6) is 0.406. The normalized spacial score (nSPS) is 12.3. The summed E-state index contributed by atoms with van der Waals surface area (Å²) >= 11 is 5.50. The molecule has 5 nitrogen and oxygen atoms in total. The van der Waals surface area contributed by atoms with Crippen molar-refractivity contribution in [1.82, 2.24) is 14.1 Å². The Hall–Kier alpha value is -0.590. The predicted octanol–water partition coefficient (Wildman–Crippen LogP) is 0.372. The van der Waals surface area contributed by atoms with Crippen molar-refractivity contribution < 1.29 is 8.42 Å². The summed E-state index contributed by atoms with van der Waals surface area (Å²) in [6, 6.07) is 0. The van der Waals surface area contributed by atoms with Crippen LogP contribution < -0.4 is 0 Å². The minimum Gasteiger partial charge on any atom is -0.270 e. The molecular weight excluding hydrogens is 226 g/mol. The lowest BCUT2D eigenvalue weighted by Gasteiger charge is -2.08. The van der Waals surface area contributed by atoms with E-state index < -0.39 is 10.0 Å². The Kier molecular flexibility index (Phi) is 3.52. The summed E-state index contributed by atoms with van der Waals surface area (Å²) in [7, 11) is -0.407. The first-order valence-electron chi connectivity index (χ1n) is 3.99. The van der Waals surface area contributed by atoms with Gasteiger partial charge in [0.15, 0.2) is 0 Å². The van der Waals surface area contributed by atoms with Gasteiger partial charge in [0.05, 0.1) is 12.7 Å². The van der Waals surface area contributed by atoms with Gasteiger partial charge in [-0.25, -0.2) is 12.7 Å². The molecule has 0 saturated carbocycles. The van der Waals surface area contributed by atoms with Crippen LogP contribution in [-0.2, 0) is 16.6 Å². The summed E-state index contributed by atoms with van der Waals surface area (Å²) in [5, 5.41) is 3.88. The summed E-state index contributed by atoms with van der Waals surface area (Å²) in [6.07, 6.45) is 2.79. The number of rotatable bonds is 4. The highest BCUT2D eigenvalue weighted by atomic mass is 35.5. The molecule has 1 aromatic rings. The molecule has 14 heavy (non-hydrogen) atoms. The second-order valence-electron chi connectivity index (χ2n) is 2.92. The maximum absolute atomic E-state index is 11.6. The molecule has 0 amide bonds. The van der Waals surface area contributed by atoms with Gasteiger partial charge in [-0.2, -0.15) is 5.10 Å². The highest BCUT2D eigenvalue weighted by Gasteiger charge is 2.18. The van der Waals surface area contributed by atoms with E-state index >= 15 is 0 Å². The molecule has 0 fully saturated rings. The molecule has 0 spiro atoms. The molecular formula is C7H12ClN3O2S. The van der Waals surface area contributed by atoms with Crippen LogP contribution in [0.4, 0.5) is 0 Å². The van der Waals surface area contributed by atoms with Crippen LogP contribution in [0.25, 0.3) is 0 Å². The second-order valence-corrected chi connectivity index (χ2v) is 5.45. The van der Waals surface area contributed by atoms with E-state index in [0.717, 1.165) is 4.31 Å². The van der Waals surface area contributed by atoms with Gasteiger partial charge < -0.3 is 0 Å². The topological polar surface area (TPSA) is 55.2 Å². The number of alkyl halides is 1. The van der Waals surface area contributed by atoms with Crippen LogP contribution in [0, 0.1) is 0 Å². The zero-order chi connectivity index (χ0) is 10.8. The van der Waals surface area contributed by atoms with Gasteiger partial charge in [0.25, 0.3) is 0 Å². The van der Waals surface area contributed by atoms with E-state index in [-0.39, 0.29) is 4.90 Å². The van der Waals surface area contributed by atoms with E-state index in [4.69, 9.17) is 11.6 Å². The summed E-state index contributed by atoms with van der Waals surface area (Å²) < 4.78 is 25.8. The van der Waals surface area contributed by atoms with Crippen molar-refractivity contribution in [3.8, 4) is 0 Å². The van der Waals surface area contributed by atoms with Gasteiger partial charge >= 0.3 is 0 Å². The fraction of sp³-hybridized carbons (Fsp3) is 0.571. The Bertz CT molecular complexity index is 399. The standard InChI is InChI=1S/C7H12ClN3O2S/c1-10(2)14(12,13)7-5-9-11(6-7)4-3-8/h5-6H,3-4H2,1-2H3. The number of hydrogen-bond donors (Lipinski definition) is 0. The average molecular weight is 238 g/mol. The van der Waals surface area contributed by atoms with Crippen LogP contribution in [0.1, 0.15) is 0 Å². The number of nitrogens with zero attached hydrogens (tertiary/aromatic N) is 3. The molecule has 0 aromatic carbocycles. The first-order valence-corrected chi connectivity index (χ1v) is 5.97. The summed E-state index contributed by atoms with van der Waals surface area (Å²) in [6.45, 7) is 0.504. The van der Waals surface area contributed by atoms with Crippen molar-refractivity contribution in [3.05, 3.63) is 12.4 Å². The van der Waals surface area contributed by atoms with Gasteiger partial charge in [-0.1, -0.05) is 0 Å². The molecule has 0 bridgehead atoms. The number of halogens is 1. The van der Waals surface area contributed by atoms with Crippen molar-refractivity contribution >= 4 is 21.6 Å². The molecule has 0 radical (unpaired) electrons. The second kappa shape index (κ2) is 4.29. The van der Waals surface area contributed by atoms with Crippen LogP contribution in [0.3, 0.4) is 0 Å². The van der Waals surface area contributed by atoms with E-state index in [0.29, 0.717) is 12.4 Å². The Labute approximate surface area is 88.3 Å². The van der Waals surface area contributed by atoms with Crippen molar-refractivity contribution in [3.63, 3.8) is 0 Å². The average Bonchev–Trinajstić information content (AvgIpc) is 2.53. The Morgan fingerprint density at radius 3 is 2.71 bits per heavy atom. The highest BCUT2D eigenvalue weighted by molar-refractivity contribution is 7.89. The first kappa shape index (κ1) is 11.5. The fourth-order valence-electron chi connectivity index (χ4n) is 0.898. The SMILES string of the molecule is CN(C)S(=O)(=O)c1cnn(CCCl)c1. The van der Waals surface area contributed by atoms with Gasteiger partial charge in [0.2, 0.25) is 10.0 Å². The lowest BCUT2D eigenvalue weighted by molar-refractivity contribution is 0.520. The maximum Gasteiger partial charge on any atom is 0.245 e. The minimum atomic E-state index is -3.37. The van der Waals surface area contributed by atoms with Gasteiger partial charge in [-0.3, -0.25) is 4.68 Å². The quantitative estimate of drug-likeness (QED) is 0.712. The third kappa shape index (κ3) is 2.26. The van der Waals surface area contributed by atoms with Crippen molar-refractivity contribution in [1.29, 1.82) is 0 Å². The summed E-state index contributed by atoms with van der Waals surface area (Å²) in [5.41, 5.74) is 0. The molecule has 0 aliphatic rings. The molecule has 0 atom stereocenters. The molecule has 0 saturated heterocycles. The lowest BCUT2D eigenvalue weighted by atomic mass is 10.7. The van der Waals surface area contributed by atoms with Crippen LogP contribution in [0.2, 0.25) is 0 Å². The molecule has 1 rings (SSSR count). The van der Waals surface area contributed by atoms with Crippen LogP contribution in [0.15, 0.2) is 17.3 Å². The monoisotopic (exact) mass is 237 g/mol. The number of aryl methyl sites for hydroxylation is 1. The molecule has 1 aromatic heterocycles. The van der Waals surface area contributed by atoms with E-state index in [2.05, 4.69) is 5.10 Å². The Morgan fingerprint density at radius 1 is 1.57 bits per heavy atom. The lowest BCUT2D eigenvalue weighted by Crippen LogP contribution is -2.21. The minimum absolute atomic E-state index is 0.188. The predicted molar refractivity (Wildman–Crippen MR) is 53.8 cm³/mol. The third-order valence-corrected chi connectivity index (χ3v) is 3.64. The Balaban J connectivity index is 2.98.